The second kappa shape index (κ2) is 8.97. The van der Waals surface area contributed by atoms with Crippen LogP contribution in [-0.2, 0) is 15.6 Å². The second-order valence-electron chi connectivity index (χ2n) is 10.7. The van der Waals surface area contributed by atoms with Crippen LogP contribution < -0.4 is 9.47 Å². The molecule has 0 unspecified atom stereocenters. The fourth-order valence-electron chi connectivity index (χ4n) is 3.89. The lowest BCUT2D eigenvalue weighted by Crippen LogP contribution is -2.16. The van der Waals surface area contributed by atoms with Crippen molar-refractivity contribution in [2.45, 2.75) is 65.2 Å². The molecule has 0 bridgehead atoms. The first-order chi connectivity index (χ1) is 14.9. The highest BCUT2D eigenvalue weighted by molar-refractivity contribution is 6.15. The first kappa shape index (κ1) is 23.8. The van der Waals surface area contributed by atoms with Gasteiger partial charge >= 0.3 is 0 Å². The van der Waals surface area contributed by atoms with E-state index in [1.165, 1.54) is 11.1 Å². The summed E-state index contributed by atoms with van der Waals surface area (Å²) in [6.45, 7) is 13.4. The van der Waals surface area contributed by atoms with Crippen LogP contribution in [0.4, 0.5) is 0 Å². The molecule has 0 amide bonds. The molecule has 0 aromatic heterocycles. The zero-order valence-corrected chi connectivity index (χ0v) is 20.8. The molecule has 1 fully saturated rings. The molecule has 1 aliphatic carbocycles. The van der Waals surface area contributed by atoms with E-state index in [1.54, 1.807) is 14.2 Å². The lowest BCUT2D eigenvalue weighted by Gasteiger charge is -2.26. The van der Waals surface area contributed by atoms with Crippen LogP contribution in [0.5, 0.6) is 11.5 Å². The van der Waals surface area contributed by atoms with Gasteiger partial charge in [-0.05, 0) is 70.2 Å². The number of Topliss-reactive ketones (excluding diaryl/α,β-unsaturated/α-hetero) is 1. The summed E-state index contributed by atoms with van der Waals surface area (Å²) in [6.07, 6.45) is 5.55. The van der Waals surface area contributed by atoms with Gasteiger partial charge in [0.1, 0.15) is 11.5 Å². The molecule has 0 atom stereocenters. The third-order valence-electron chi connectivity index (χ3n) is 5.99. The summed E-state index contributed by atoms with van der Waals surface area (Å²) in [7, 11) is 3.26. The van der Waals surface area contributed by atoms with Crippen molar-refractivity contribution in [1.82, 2.24) is 0 Å². The van der Waals surface area contributed by atoms with Crippen LogP contribution in [0.2, 0.25) is 0 Å². The van der Waals surface area contributed by atoms with Crippen LogP contribution in [0.25, 0.3) is 12.2 Å². The Labute approximate surface area is 193 Å². The Morgan fingerprint density at radius 2 is 1.06 bits per heavy atom. The molecule has 0 saturated heterocycles. The second-order valence-corrected chi connectivity index (χ2v) is 10.7. The van der Waals surface area contributed by atoms with Gasteiger partial charge in [-0.1, -0.05) is 59.7 Å². The van der Waals surface area contributed by atoms with E-state index in [2.05, 4.69) is 65.8 Å². The van der Waals surface area contributed by atoms with Gasteiger partial charge in [-0.25, -0.2) is 0 Å². The molecule has 0 heterocycles. The molecule has 32 heavy (non-hydrogen) atoms. The molecule has 0 aliphatic heterocycles. The van der Waals surface area contributed by atoms with Gasteiger partial charge in [0, 0.05) is 17.2 Å². The van der Waals surface area contributed by atoms with Gasteiger partial charge in [0.25, 0.3) is 0 Å². The monoisotopic (exact) mass is 432 g/mol. The van der Waals surface area contributed by atoms with E-state index < -0.39 is 0 Å². The number of allylic oxidation sites excluding steroid dienone is 2. The van der Waals surface area contributed by atoms with E-state index >= 15 is 0 Å². The Balaban J connectivity index is 1.97. The minimum absolute atomic E-state index is 0.0463. The molecule has 2 aromatic rings. The third kappa shape index (κ3) is 5.51. The predicted molar refractivity (Wildman–Crippen MR) is 134 cm³/mol. The summed E-state index contributed by atoms with van der Waals surface area (Å²) < 4.78 is 10.7. The largest absolute Gasteiger partial charge is 0.497 e. The minimum Gasteiger partial charge on any atom is -0.497 e. The maximum Gasteiger partial charge on any atom is 0.185 e. The Kier molecular flexibility index (Phi) is 6.69. The molecule has 1 saturated carbocycles. The van der Waals surface area contributed by atoms with Crippen molar-refractivity contribution >= 4 is 17.9 Å². The molecular weight excluding hydrogens is 396 g/mol. The van der Waals surface area contributed by atoms with Crippen LogP contribution in [0.1, 0.15) is 76.6 Å². The van der Waals surface area contributed by atoms with E-state index in [-0.39, 0.29) is 16.6 Å². The summed E-state index contributed by atoms with van der Waals surface area (Å²) >= 11 is 0. The molecule has 1 aliphatic rings. The van der Waals surface area contributed by atoms with Crippen LogP contribution in [0.3, 0.4) is 0 Å². The maximum atomic E-state index is 13.2. The molecule has 0 N–H and O–H groups in total. The molecule has 2 aromatic carbocycles. The molecule has 0 radical (unpaired) electrons. The molecule has 3 heteroatoms. The summed E-state index contributed by atoms with van der Waals surface area (Å²) in [5.74, 6) is 1.56. The van der Waals surface area contributed by atoms with E-state index in [0.29, 0.717) is 11.5 Å². The zero-order valence-electron chi connectivity index (χ0n) is 20.8. The topological polar surface area (TPSA) is 35.5 Å². The first-order valence-corrected chi connectivity index (χ1v) is 11.3. The van der Waals surface area contributed by atoms with Gasteiger partial charge in [0.2, 0.25) is 0 Å². The number of carbonyl (C=O) groups excluding carboxylic acids is 1. The van der Waals surface area contributed by atoms with Crippen molar-refractivity contribution in [2.75, 3.05) is 14.2 Å². The van der Waals surface area contributed by atoms with Crippen LogP contribution in [0, 0.1) is 0 Å². The van der Waals surface area contributed by atoms with Crippen LogP contribution >= 0.6 is 0 Å². The summed E-state index contributed by atoms with van der Waals surface area (Å²) in [5, 5.41) is 0. The smallest absolute Gasteiger partial charge is 0.185 e. The number of ketones is 1. The summed E-state index contributed by atoms with van der Waals surface area (Å²) in [6, 6.07) is 12.4. The number of methoxy groups -OCH3 is 2. The van der Waals surface area contributed by atoms with E-state index in [9.17, 15) is 4.79 Å². The van der Waals surface area contributed by atoms with Gasteiger partial charge < -0.3 is 9.47 Å². The lowest BCUT2D eigenvalue weighted by atomic mass is 9.79. The molecular formula is C29H36O3. The van der Waals surface area contributed by atoms with Gasteiger partial charge in [-0.3, -0.25) is 4.79 Å². The Morgan fingerprint density at radius 3 is 1.44 bits per heavy atom. The Morgan fingerprint density at radius 1 is 0.656 bits per heavy atom. The van der Waals surface area contributed by atoms with Gasteiger partial charge in [0.05, 0.1) is 14.2 Å². The average molecular weight is 433 g/mol. The quantitative estimate of drug-likeness (QED) is 0.482. The maximum absolute atomic E-state index is 13.2. The standard InChI is InChI=1S/C29H36O3/c1-28(2,3)23-13-19(14-24(17-23)29(4,5)6)11-21-9-10-22(27(21)30)12-20-15-25(31-7)18-26(16-20)32-8/h11-18H,9-10H2,1-8H3. The number of hydrogen-bond acceptors (Lipinski definition) is 3. The van der Waals surface area contributed by atoms with E-state index in [1.807, 2.05) is 24.3 Å². The highest BCUT2D eigenvalue weighted by Gasteiger charge is 2.24. The van der Waals surface area contributed by atoms with Crippen LogP contribution in [-0.4, -0.2) is 20.0 Å². The fraction of sp³-hybridized carbons (Fsp3) is 0.414. The van der Waals surface area contributed by atoms with Crippen molar-refractivity contribution in [2.24, 2.45) is 0 Å². The van der Waals surface area contributed by atoms with E-state index in [4.69, 9.17) is 9.47 Å². The van der Waals surface area contributed by atoms with Crippen molar-refractivity contribution in [1.29, 1.82) is 0 Å². The number of hydrogen-bond donors (Lipinski definition) is 0. The molecule has 3 rings (SSSR count). The van der Waals surface area contributed by atoms with Crippen molar-refractivity contribution < 1.29 is 14.3 Å². The lowest BCUT2D eigenvalue weighted by molar-refractivity contribution is -0.111. The number of ether oxygens (including phenoxy) is 2. The van der Waals surface area contributed by atoms with E-state index in [0.717, 1.165) is 35.1 Å². The summed E-state index contributed by atoms with van der Waals surface area (Å²) in [4.78, 5) is 13.2. The first-order valence-electron chi connectivity index (χ1n) is 11.3. The van der Waals surface area contributed by atoms with Gasteiger partial charge in [-0.2, -0.15) is 0 Å². The molecule has 0 spiro atoms. The SMILES string of the molecule is COc1cc(C=C2CCC(=Cc3cc(C(C)(C)C)cc(C(C)(C)C)c3)C2=O)cc(OC)c1. The molecule has 3 nitrogen and oxygen atoms in total. The normalized spacial score (nSPS) is 17.3. The average Bonchev–Trinajstić information content (AvgIpc) is 3.05. The highest BCUT2D eigenvalue weighted by atomic mass is 16.5. The summed E-state index contributed by atoms with van der Waals surface area (Å²) in [5.41, 5.74) is 6.40. The minimum atomic E-state index is 0.0463. The zero-order chi connectivity index (χ0) is 23.7. The van der Waals surface area contributed by atoms with Gasteiger partial charge in [0.15, 0.2) is 5.78 Å². The van der Waals surface area contributed by atoms with Crippen molar-refractivity contribution in [3.63, 3.8) is 0 Å². The Hall–Kier alpha value is -2.81. The third-order valence-corrected chi connectivity index (χ3v) is 5.99. The predicted octanol–water partition coefficient (Wildman–Crippen LogP) is 7.13. The number of benzene rings is 2. The highest BCUT2D eigenvalue weighted by Crippen LogP contribution is 2.34. The number of rotatable bonds is 4. The van der Waals surface area contributed by atoms with Crippen LogP contribution in [0.15, 0.2) is 47.5 Å². The van der Waals surface area contributed by atoms with Gasteiger partial charge in [-0.15, -0.1) is 0 Å². The fourth-order valence-corrected chi connectivity index (χ4v) is 3.89. The van der Waals surface area contributed by atoms with Crippen molar-refractivity contribution in [3.8, 4) is 11.5 Å². The Bertz CT molecular complexity index is 1020. The molecule has 170 valence electrons. The number of carbonyl (C=O) groups is 1. The van der Waals surface area contributed by atoms with Crippen molar-refractivity contribution in [3.05, 3.63) is 69.8 Å².